The highest BCUT2D eigenvalue weighted by Gasteiger charge is 2.17. The molecule has 144 valence electrons. The van der Waals surface area contributed by atoms with Crippen LogP contribution in [-0.4, -0.2) is 31.3 Å². The van der Waals surface area contributed by atoms with Crippen LogP contribution in [0.2, 0.25) is 0 Å². The molecule has 1 aromatic heterocycles. The van der Waals surface area contributed by atoms with Gasteiger partial charge in [-0.3, -0.25) is 14.9 Å². The first kappa shape index (κ1) is 19.5. The molecule has 0 aliphatic heterocycles. The standard InChI is InChI=1S/C18H16FN5O3S/c1-2-23-17(12-6-4-3-5-7-12)21-22-18(23)28-11-16(25)20-13-8-9-14(19)15(10-13)24(26)27/h3-10H,2,11H2,1H3,(H,20,25). The minimum absolute atomic E-state index is 0.0259. The lowest BCUT2D eigenvalue weighted by Gasteiger charge is -2.08. The number of nitrogens with one attached hydrogen (secondary N) is 1. The normalized spacial score (nSPS) is 10.6. The Balaban J connectivity index is 1.68. The van der Waals surface area contributed by atoms with E-state index in [1.54, 1.807) is 0 Å². The molecule has 1 N–H and O–H groups in total. The summed E-state index contributed by atoms with van der Waals surface area (Å²) in [5.41, 5.74) is 0.385. The van der Waals surface area contributed by atoms with Crippen molar-refractivity contribution in [3.63, 3.8) is 0 Å². The van der Waals surface area contributed by atoms with Crippen LogP contribution in [0.1, 0.15) is 6.92 Å². The Kier molecular flexibility index (Phi) is 5.99. The van der Waals surface area contributed by atoms with Gasteiger partial charge >= 0.3 is 5.69 Å². The number of thioether (sulfide) groups is 1. The Bertz CT molecular complexity index is 1010. The molecule has 0 fully saturated rings. The number of aromatic nitrogens is 3. The van der Waals surface area contributed by atoms with E-state index in [1.165, 1.54) is 17.8 Å². The highest BCUT2D eigenvalue weighted by Crippen LogP contribution is 2.25. The number of anilines is 1. The molecule has 28 heavy (non-hydrogen) atoms. The average Bonchev–Trinajstić information content (AvgIpc) is 3.11. The van der Waals surface area contributed by atoms with Gasteiger partial charge < -0.3 is 9.88 Å². The molecule has 10 heteroatoms. The molecule has 0 saturated heterocycles. The van der Waals surface area contributed by atoms with E-state index in [2.05, 4.69) is 15.5 Å². The first-order valence-corrected chi connectivity index (χ1v) is 9.33. The maximum atomic E-state index is 13.4. The molecule has 0 atom stereocenters. The summed E-state index contributed by atoms with van der Waals surface area (Å²) >= 11 is 1.20. The molecule has 0 spiro atoms. The third-order valence-corrected chi connectivity index (χ3v) is 4.79. The van der Waals surface area contributed by atoms with Crippen molar-refractivity contribution in [2.24, 2.45) is 0 Å². The van der Waals surface area contributed by atoms with Gasteiger partial charge in [0.15, 0.2) is 11.0 Å². The van der Waals surface area contributed by atoms with Crippen molar-refractivity contribution in [1.29, 1.82) is 0 Å². The van der Waals surface area contributed by atoms with Crippen LogP contribution >= 0.6 is 11.8 Å². The fourth-order valence-corrected chi connectivity index (χ4v) is 3.34. The monoisotopic (exact) mass is 401 g/mol. The fourth-order valence-electron chi connectivity index (χ4n) is 2.54. The lowest BCUT2D eigenvalue weighted by atomic mass is 10.2. The average molecular weight is 401 g/mol. The van der Waals surface area contributed by atoms with Gasteiger partial charge in [-0.05, 0) is 19.1 Å². The highest BCUT2D eigenvalue weighted by atomic mass is 32.2. The van der Waals surface area contributed by atoms with Gasteiger partial charge in [-0.25, -0.2) is 0 Å². The topological polar surface area (TPSA) is 103 Å². The largest absolute Gasteiger partial charge is 0.325 e. The zero-order chi connectivity index (χ0) is 20.1. The summed E-state index contributed by atoms with van der Waals surface area (Å²) in [7, 11) is 0. The number of nitro groups is 1. The molecule has 1 heterocycles. The Morgan fingerprint density at radius 1 is 1.25 bits per heavy atom. The van der Waals surface area contributed by atoms with E-state index >= 15 is 0 Å². The number of rotatable bonds is 7. The van der Waals surface area contributed by atoms with Crippen molar-refractivity contribution >= 4 is 29.0 Å². The first-order chi connectivity index (χ1) is 13.5. The number of nitro benzene ring substituents is 1. The SMILES string of the molecule is CCn1c(SCC(=O)Nc2ccc(F)c([N+](=O)[O-])c2)nnc1-c1ccccc1. The third-order valence-electron chi connectivity index (χ3n) is 3.82. The Morgan fingerprint density at radius 2 is 2.00 bits per heavy atom. The highest BCUT2D eigenvalue weighted by molar-refractivity contribution is 7.99. The van der Waals surface area contributed by atoms with Crippen LogP contribution in [0.4, 0.5) is 15.8 Å². The molecule has 0 bridgehead atoms. The molecule has 2 aromatic carbocycles. The summed E-state index contributed by atoms with van der Waals surface area (Å²) < 4.78 is 15.3. The summed E-state index contributed by atoms with van der Waals surface area (Å²) in [6, 6.07) is 12.8. The number of nitrogens with zero attached hydrogens (tertiary/aromatic N) is 4. The Labute approximate surface area is 163 Å². The van der Waals surface area contributed by atoms with Gasteiger partial charge in [-0.15, -0.1) is 10.2 Å². The molecule has 1 amide bonds. The van der Waals surface area contributed by atoms with Gasteiger partial charge in [0.25, 0.3) is 0 Å². The van der Waals surface area contributed by atoms with Gasteiger partial charge in [-0.2, -0.15) is 4.39 Å². The molecule has 3 rings (SSSR count). The van der Waals surface area contributed by atoms with Crippen LogP contribution in [0.5, 0.6) is 0 Å². The van der Waals surface area contributed by atoms with Crippen LogP contribution in [0.15, 0.2) is 53.7 Å². The van der Waals surface area contributed by atoms with Crippen LogP contribution in [0, 0.1) is 15.9 Å². The second kappa shape index (κ2) is 8.61. The van der Waals surface area contributed by atoms with Crippen molar-refractivity contribution < 1.29 is 14.1 Å². The predicted molar refractivity (Wildman–Crippen MR) is 104 cm³/mol. The maximum absolute atomic E-state index is 13.4. The lowest BCUT2D eigenvalue weighted by Crippen LogP contribution is -2.15. The number of carbonyl (C=O) groups is 1. The number of halogens is 1. The van der Waals surface area contributed by atoms with Crippen LogP contribution in [0.3, 0.4) is 0 Å². The number of carbonyl (C=O) groups excluding carboxylic acids is 1. The second-order valence-electron chi connectivity index (χ2n) is 5.68. The summed E-state index contributed by atoms with van der Waals surface area (Å²) in [5.74, 6) is -0.613. The summed E-state index contributed by atoms with van der Waals surface area (Å²) in [4.78, 5) is 22.1. The van der Waals surface area contributed by atoms with Crippen LogP contribution in [-0.2, 0) is 11.3 Å². The van der Waals surface area contributed by atoms with Gasteiger partial charge in [-0.1, -0.05) is 42.1 Å². The number of hydrogen-bond acceptors (Lipinski definition) is 6. The minimum atomic E-state index is -0.957. The zero-order valence-corrected chi connectivity index (χ0v) is 15.6. The summed E-state index contributed by atoms with van der Waals surface area (Å²) in [6.07, 6.45) is 0. The maximum Gasteiger partial charge on any atom is 0.306 e. The molecular formula is C18H16FN5O3S. The molecule has 0 unspecified atom stereocenters. The lowest BCUT2D eigenvalue weighted by molar-refractivity contribution is -0.387. The zero-order valence-electron chi connectivity index (χ0n) is 14.8. The Hall–Kier alpha value is -3.27. The van der Waals surface area contributed by atoms with Crippen molar-refractivity contribution in [3.8, 4) is 11.4 Å². The molecule has 0 saturated carbocycles. The van der Waals surface area contributed by atoms with Crippen LogP contribution in [0.25, 0.3) is 11.4 Å². The van der Waals surface area contributed by atoms with Crippen molar-refractivity contribution in [2.75, 3.05) is 11.1 Å². The van der Waals surface area contributed by atoms with E-state index in [-0.39, 0.29) is 11.4 Å². The second-order valence-corrected chi connectivity index (χ2v) is 6.62. The molecular weight excluding hydrogens is 385 g/mol. The van der Waals surface area contributed by atoms with E-state index in [1.807, 2.05) is 41.8 Å². The van der Waals surface area contributed by atoms with Gasteiger partial charge in [0, 0.05) is 23.9 Å². The number of amides is 1. The summed E-state index contributed by atoms with van der Waals surface area (Å²) in [6.45, 7) is 2.59. The van der Waals surface area contributed by atoms with Crippen molar-refractivity contribution in [3.05, 3.63) is 64.5 Å². The molecule has 0 aliphatic carbocycles. The number of hydrogen-bond donors (Lipinski definition) is 1. The van der Waals surface area contributed by atoms with Gasteiger partial charge in [0.05, 0.1) is 10.7 Å². The number of benzene rings is 2. The smallest absolute Gasteiger partial charge is 0.306 e. The molecule has 3 aromatic rings. The molecule has 0 aliphatic rings. The van der Waals surface area contributed by atoms with Crippen molar-refractivity contribution in [1.82, 2.24) is 14.8 Å². The quantitative estimate of drug-likeness (QED) is 0.367. The van der Waals surface area contributed by atoms with Crippen LogP contribution < -0.4 is 5.32 Å². The summed E-state index contributed by atoms with van der Waals surface area (Å²) in [5, 5.41) is 22.3. The van der Waals surface area contributed by atoms with E-state index in [0.717, 1.165) is 17.7 Å². The van der Waals surface area contributed by atoms with E-state index in [4.69, 9.17) is 0 Å². The molecule has 8 nitrogen and oxygen atoms in total. The van der Waals surface area contributed by atoms with Crippen molar-refractivity contribution in [2.45, 2.75) is 18.6 Å². The fraction of sp³-hybridized carbons (Fsp3) is 0.167. The molecule has 0 radical (unpaired) electrons. The van der Waals surface area contributed by atoms with Gasteiger partial charge in [0.2, 0.25) is 11.7 Å². The first-order valence-electron chi connectivity index (χ1n) is 8.34. The van der Waals surface area contributed by atoms with E-state index < -0.39 is 22.3 Å². The Morgan fingerprint density at radius 3 is 2.68 bits per heavy atom. The van der Waals surface area contributed by atoms with Gasteiger partial charge in [0.1, 0.15) is 0 Å². The third kappa shape index (κ3) is 4.34. The minimum Gasteiger partial charge on any atom is -0.325 e. The van der Waals surface area contributed by atoms with E-state index in [9.17, 15) is 19.3 Å². The van der Waals surface area contributed by atoms with E-state index in [0.29, 0.717) is 17.5 Å². The predicted octanol–water partition coefficient (Wildman–Crippen LogP) is 3.74.